The Morgan fingerprint density at radius 2 is 1.65 bits per heavy atom. The van der Waals surface area contributed by atoms with E-state index in [1.165, 1.54) is 19.3 Å². The lowest BCUT2D eigenvalue weighted by molar-refractivity contribution is -0.171. The van der Waals surface area contributed by atoms with Gasteiger partial charge in [-0.15, -0.1) is 0 Å². The molecular formula is C16H22F2O4S. The molecule has 4 aliphatic carbocycles. The number of halogens is 2. The number of carbonyl (C=O) groups excluding carboxylic acids is 1. The second-order valence-electron chi connectivity index (χ2n) is 7.36. The van der Waals surface area contributed by atoms with Crippen LogP contribution in [0.2, 0.25) is 0 Å². The SMILES string of the molecule is O=C(OCCCSC(F)(F)C(=O)O)C12CC3CC(CC(C3)C1)C2. The van der Waals surface area contributed by atoms with Crippen LogP contribution in [0.3, 0.4) is 0 Å². The summed E-state index contributed by atoms with van der Waals surface area (Å²) in [5, 5.41) is 4.55. The van der Waals surface area contributed by atoms with Crippen molar-refractivity contribution in [3.63, 3.8) is 0 Å². The van der Waals surface area contributed by atoms with Gasteiger partial charge in [-0.2, -0.15) is 8.78 Å². The maximum atomic E-state index is 12.9. The molecule has 0 saturated heterocycles. The summed E-state index contributed by atoms with van der Waals surface area (Å²) in [6.45, 7) is 0.0866. The van der Waals surface area contributed by atoms with Crippen LogP contribution in [0.4, 0.5) is 8.78 Å². The van der Waals surface area contributed by atoms with Gasteiger partial charge in [0.25, 0.3) is 0 Å². The number of carboxylic acid groups (broad SMARTS) is 1. The molecule has 7 heteroatoms. The smallest absolute Gasteiger partial charge is 0.388 e. The number of carbonyl (C=O) groups is 2. The Bertz CT molecular complexity index is 459. The molecule has 1 N–H and O–H groups in total. The van der Waals surface area contributed by atoms with E-state index in [9.17, 15) is 18.4 Å². The molecule has 4 fully saturated rings. The molecule has 0 atom stereocenters. The number of rotatable bonds is 7. The van der Waals surface area contributed by atoms with Crippen molar-refractivity contribution in [3.8, 4) is 0 Å². The summed E-state index contributed by atoms with van der Waals surface area (Å²) >= 11 is 0.0738. The van der Waals surface area contributed by atoms with Gasteiger partial charge in [0.2, 0.25) is 0 Å². The number of alkyl halides is 2. The summed E-state index contributed by atoms with van der Waals surface area (Å²) in [5.74, 6) is -0.386. The average molecular weight is 348 g/mol. The third kappa shape index (κ3) is 3.49. The Labute approximate surface area is 138 Å². The van der Waals surface area contributed by atoms with Crippen molar-refractivity contribution >= 4 is 23.7 Å². The van der Waals surface area contributed by atoms with Crippen LogP contribution in [-0.4, -0.2) is 34.7 Å². The van der Waals surface area contributed by atoms with Crippen LogP contribution < -0.4 is 0 Å². The molecule has 0 aromatic heterocycles. The zero-order valence-corrected chi connectivity index (χ0v) is 13.7. The quantitative estimate of drug-likeness (QED) is 0.563. The van der Waals surface area contributed by atoms with Gasteiger partial charge < -0.3 is 9.84 Å². The van der Waals surface area contributed by atoms with Crippen molar-refractivity contribution < 1.29 is 28.2 Å². The summed E-state index contributed by atoms with van der Waals surface area (Å²) < 4.78 is 31.1. The highest BCUT2D eigenvalue weighted by Gasteiger charge is 2.55. The molecular weight excluding hydrogens is 326 g/mol. The minimum absolute atomic E-state index is 0.0482. The fourth-order valence-electron chi connectivity index (χ4n) is 5.00. The van der Waals surface area contributed by atoms with Crippen LogP contribution in [0.5, 0.6) is 0 Å². The van der Waals surface area contributed by atoms with E-state index < -0.39 is 11.2 Å². The van der Waals surface area contributed by atoms with Crippen molar-refractivity contribution in [2.45, 2.75) is 50.2 Å². The molecule has 4 rings (SSSR count). The summed E-state index contributed by atoms with van der Waals surface area (Å²) in [6, 6.07) is 0. The summed E-state index contributed by atoms with van der Waals surface area (Å²) in [7, 11) is 0. The Hall–Kier alpha value is -0.850. The molecule has 0 aromatic carbocycles. The largest absolute Gasteiger partial charge is 0.476 e. The van der Waals surface area contributed by atoms with Crippen molar-refractivity contribution in [1.82, 2.24) is 0 Å². The Kier molecular flexibility index (Phi) is 4.60. The number of hydrogen-bond donors (Lipinski definition) is 1. The monoisotopic (exact) mass is 348 g/mol. The van der Waals surface area contributed by atoms with Crippen molar-refractivity contribution in [3.05, 3.63) is 0 Å². The second-order valence-corrected chi connectivity index (χ2v) is 8.57. The molecule has 0 heterocycles. The lowest BCUT2D eigenvalue weighted by atomic mass is 9.49. The van der Waals surface area contributed by atoms with Crippen molar-refractivity contribution in [1.29, 1.82) is 0 Å². The van der Waals surface area contributed by atoms with E-state index in [0.717, 1.165) is 19.3 Å². The van der Waals surface area contributed by atoms with E-state index >= 15 is 0 Å². The van der Waals surface area contributed by atoms with Crippen LogP contribution in [0.25, 0.3) is 0 Å². The molecule has 0 unspecified atom stereocenters. The van der Waals surface area contributed by atoms with Gasteiger partial charge in [-0.05, 0) is 62.7 Å². The Morgan fingerprint density at radius 3 is 2.13 bits per heavy atom. The second kappa shape index (κ2) is 6.22. The molecule has 23 heavy (non-hydrogen) atoms. The highest BCUT2D eigenvalue weighted by molar-refractivity contribution is 8.01. The molecule has 0 aromatic rings. The summed E-state index contributed by atoms with van der Waals surface area (Å²) in [6.07, 6.45) is 6.73. The molecule has 4 saturated carbocycles. The van der Waals surface area contributed by atoms with E-state index in [-0.39, 0.29) is 41.9 Å². The van der Waals surface area contributed by atoms with E-state index in [1.807, 2.05) is 0 Å². The van der Waals surface area contributed by atoms with Crippen LogP contribution >= 0.6 is 11.8 Å². The molecule has 130 valence electrons. The molecule has 4 nitrogen and oxygen atoms in total. The number of aliphatic carboxylic acids is 1. The number of ether oxygens (including phenoxy) is 1. The third-order valence-electron chi connectivity index (χ3n) is 5.53. The molecule has 0 aliphatic heterocycles. The summed E-state index contributed by atoms with van der Waals surface area (Å²) in [5.41, 5.74) is -0.326. The zero-order chi connectivity index (χ0) is 16.7. The lowest BCUT2D eigenvalue weighted by Gasteiger charge is -2.55. The maximum absolute atomic E-state index is 12.9. The average Bonchev–Trinajstić information content (AvgIpc) is 2.45. The fourth-order valence-corrected chi connectivity index (χ4v) is 5.64. The highest BCUT2D eigenvalue weighted by atomic mass is 32.2. The van der Waals surface area contributed by atoms with Gasteiger partial charge in [0, 0.05) is 5.75 Å². The highest BCUT2D eigenvalue weighted by Crippen LogP contribution is 2.60. The van der Waals surface area contributed by atoms with Gasteiger partial charge in [0.05, 0.1) is 12.0 Å². The maximum Gasteiger partial charge on any atom is 0.388 e. The molecule has 0 spiro atoms. The van der Waals surface area contributed by atoms with Crippen molar-refractivity contribution in [2.75, 3.05) is 12.4 Å². The van der Waals surface area contributed by atoms with E-state index in [4.69, 9.17) is 9.84 Å². The Morgan fingerprint density at radius 1 is 1.13 bits per heavy atom. The van der Waals surface area contributed by atoms with E-state index in [0.29, 0.717) is 17.8 Å². The molecule has 0 radical (unpaired) electrons. The minimum Gasteiger partial charge on any atom is -0.476 e. The van der Waals surface area contributed by atoms with Gasteiger partial charge in [0.15, 0.2) is 0 Å². The van der Waals surface area contributed by atoms with Gasteiger partial charge in [-0.3, -0.25) is 4.79 Å². The first kappa shape index (κ1) is 17.0. The predicted molar refractivity (Wildman–Crippen MR) is 81.2 cm³/mol. The topological polar surface area (TPSA) is 63.6 Å². The summed E-state index contributed by atoms with van der Waals surface area (Å²) in [4.78, 5) is 22.8. The normalized spacial score (nSPS) is 35.3. The molecule has 4 bridgehead atoms. The van der Waals surface area contributed by atoms with Crippen molar-refractivity contribution in [2.24, 2.45) is 23.2 Å². The van der Waals surface area contributed by atoms with Crippen LogP contribution in [0.15, 0.2) is 0 Å². The number of esters is 1. The number of thioether (sulfide) groups is 1. The van der Waals surface area contributed by atoms with Crippen LogP contribution in [-0.2, 0) is 14.3 Å². The van der Waals surface area contributed by atoms with E-state index in [2.05, 4.69) is 0 Å². The third-order valence-corrected chi connectivity index (χ3v) is 6.56. The standard InChI is InChI=1S/C16H22F2O4S/c17-16(18,13(19)20)23-3-1-2-22-14(21)15-7-10-4-11(8-15)6-12(5-10)9-15/h10-12H,1-9H2,(H,19,20). The predicted octanol–water partition coefficient (Wildman–Crippen LogP) is 3.55. The van der Waals surface area contributed by atoms with E-state index in [1.54, 1.807) is 0 Å². The molecule has 4 aliphatic rings. The Balaban J connectivity index is 1.43. The lowest BCUT2D eigenvalue weighted by Crippen LogP contribution is -2.50. The zero-order valence-electron chi connectivity index (χ0n) is 12.9. The number of hydrogen-bond acceptors (Lipinski definition) is 4. The van der Waals surface area contributed by atoms with Gasteiger partial charge in [0.1, 0.15) is 0 Å². The van der Waals surface area contributed by atoms with Crippen LogP contribution in [0, 0.1) is 23.2 Å². The van der Waals surface area contributed by atoms with Gasteiger partial charge in [-0.25, -0.2) is 4.79 Å². The minimum atomic E-state index is -3.77. The first-order valence-electron chi connectivity index (χ1n) is 8.23. The fraction of sp³-hybridized carbons (Fsp3) is 0.875. The number of carboxylic acids is 1. The first-order chi connectivity index (χ1) is 10.8. The first-order valence-corrected chi connectivity index (χ1v) is 9.22. The van der Waals surface area contributed by atoms with Gasteiger partial charge >= 0.3 is 17.2 Å². The van der Waals surface area contributed by atoms with Crippen LogP contribution in [0.1, 0.15) is 44.9 Å². The molecule has 0 amide bonds. The van der Waals surface area contributed by atoms with Gasteiger partial charge in [-0.1, -0.05) is 11.8 Å².